The van der Waals surface area contributed by atoms with E-state index in [1.807, 2.05) is 36.4 Å². The monoisotopic (exact) mass is 429 g/mol. The molecule has 0 bridgehead atoms. The van der Waals surface area contributed by atoms with Crippen LogP contribution in [0.25, 0.3) is 17.4 Å². The molecule has 0 N–H and O–H groups in total. The van der Waals surface area contributed by atoms with Crippen molar-refractivity contribution in [3.63, 3.8) is 0 Å². The average Bonchev–Trinajstić information content (AvgIpc) is 3.25. The normalized spacial score (nSPS) is 15.6. The van der Waals surface area contributed by atoms with Gasteiger partial charge in [-0.3, -0.25) is 14.5 Å². The number of carbonyl (C=O) groups is 2. The van der Waals surface area contributed by atoms with E-state index in [1.165, 1.54) is 0 Å². The maximum Gasteiger partial charge on any atom is 0.293 e. The van der Waals surface area contributed by atoms with E-state index in [4.69, 9.17) is 27.6 Å². The van der Waals surface area contributed by atoms with Crippen molar-refractivity contribution in [1.82, 2.24) is 4.90 Å². The van der Waals surface area contributed by atoms with Gasteiger partial charge in [0, 0.05) is 27.2 Å². The minimum atomic E-state index is -0.399. The molecule has 0 aliphatic carbocycles. The fourth-order valence-corrected chi connectivity index (χ4v) is 4.13. The zero-order chi connectivity index (χ0) is 19.7. The molecular formula is C21H13Cl2NO3S. The van der Waals surface area contributed by atoms with Crippen LogP contribution in [0.15, 0.2) is 70.0 Å². The average molecular weight is 430 g/mol. The number of rotatable bonds is 4. The van der Waals surface area contributed by atoms with Crippen LogP contribution < -0.4 is 0 Å². The van der Waals surface area contributed by atoms with E-state index < -0.39 is 5.91 Å². The van der Waals surface area contributed by atoms with Crippen LogP contribution in [0.2, 0.25) is 10.0 Å². The zero-order valence-corrected chi connectivity index (χ0v) is 16.7. The SMILES string of the molecule is O=C1SC(=Cc2ccc(-c3ccccc3)o2)C(=O)N1Cc1c(Cl)cccc1Cl. The summed E-state index contributed by atoms with van der Waals surface area (Å²) in [6.45, 7) is 0.0218. The van der Waals surface area contributed by atoms with Gasteiger partial charge in [-0.25, -0.2) is 0 Å². The van der Waals surface area contributed by atoms with Crippen LogP contribution in [0.1, 0.15) is 11.3 Å². The summed E-state index contributed by atoms with van der Waals surface area (Å²) in [6.07, 6.45) is 1.57. The highest BCUT2D eigenvalue weighted by Crippen LogP contribution is 2.36. The van der Waals surface area contributed by atoms with Crippen molar-refractivity contribution in [3.05, 3.63) is 86.9 Å². The standard InChI is InChI=1S/C21H13Cl2NO3S/c22-16-7-4-8-17(23)15(16)12-24-20(25)19(28-21(24)26)11-14-9-10-18(27-14)13-5-2-1-3-6-13/h1-11H,12H2. The number of hydrogen-bond acceptors (Lipinski definition) is 4. The predicted molar refractivity (Wildman–Crippen MR) is 112 cm³/mol. The molecule has 0 radical (unpaired) electrons. The Balaban J connectivity index is 1.57. The first-order valence-electron chi connectivity index (χ1n) is 8.36. The smallest absolute Gasteiger partial charge is 0.293 e. The Morgan fingerprint density at radius 1 is 0.929 bits per heavy atom. The van der Waals surface area contributed by atoms with Crippen molar-refractivity contribution in [2.45, 2.75) is 6.54 Å². The molecule has 2 heterocycles. The molecule has 28 heavy (non-hydrogen) atoms. The molecule has 2 aromatic carbocycles. The van der Waals surface area contributed by atoms with Gasteiger partial charge in [0.25, 0.3) is 11.1 Å². The van der Waals surface area contributed by atoms with Crippen LogP contribution in [-0.2, 0) is 11.3 Å². The summed E-state index contributed by atoms with van der Waals surface area (Å²) in [5.41, 5.74) is 1.47. The van der Waals surface area contributed by atoms with E-state index in [0.717, 1.165) is 22.2 Å². The number of amides is 2. The third kappa shape index (κ3) is 3.74. The van der Waals surface area contributed by atoms with Gasteiger partial charge < -0.3 is 4.42 Å². The van der Waals surface area contributed by atoms with E-state index >= 15 is 0 Å². The summed E-state index contributed by atoms with van der Waals surface area (Å²) in [7, 11) is 0. The van der Waals surface area contributed by atoms with Crippen molar-refractivity contribution in [3.8, 4) is 11.3 Å². The lowest BCUT2D eigenvalue weighted by atomic mass is 10.2. The summed E-state index contributed by atoms with van der Waals surface area (Å²) < 4.78 is 5.79. The van der Waals surface area contributed by atoms with Gasteiger partial charge in [-0.2, -0.15) is 0 Å². The van der Waals surface area contributed by atoms with Crippen LogP contribution in [0, 0.1) is 0 Å². The third-order valence-corrected chi connectivity index (χ3v) is 5.83. The summed E-state index contributed by atoms with van der Waals surface area (Å²) in [6, 6.07) is 18.3. The van der Waals surface area contributed by atoms with E-state index in [9.17, 15) is 9.59 Å². The Hall–Kier alpha value is -2.47. The molecule has 1 saturated heterocycles. The molecule has 0 unspecified atom stereocenters. The van der Waals surface area contributed by atoms with Crippen LogP contribution in [-0.4, -0.2) is 16.0 Å². The molecule has 0 saturated carbocycles. The van der Waals surface area contributed by atoms with Gasteiger partial charge in [-0.15, -0.1) is 0 Å². The highest BCUT2D eigenvalue weighted by molar-refractivity contribution is 8.18. The molecule has 3 aromatic rings. The summed E-state index contributed by atoms with van der Waals surface area (Å²) >= 11 is 13.2. The molecule has 2 amide bonds. The number of thioether (sulfide) groups is 1. The van der Waals surface area contributed by atoms with Crippen LogP contribution in [0.4, 0.5) is 4.79 Å². The Morgan fingerprint density at radius 3 is 2.36 bits per heavy atom. The molecule has 1 aliphatic rings. The van der Waals surface area contributed by atoms with Gasteiger partial charge in [0.15, 0.2) is 0 Å². The molecule has 1 aliphatic heterocycles. The second-order valence-electron chi connectivity index (χ2n) is 6.04. The summed E-state index contributed by atoms with van der Waals surface area (Å²) in [5.74, 6) is 0.790. The molecule has 1 fully saturated rings. The van der Waals surface area contributed by atoms with Gasteiger partial charge in [0.1, 0.15) is 11.5 Å². The molecule has 7 heteroatoms. The molecule has 4 nitrogen and oxygen atoms in total. The molecule has 4 rings (SSSR count). The topological polar surface area (TPSA) is 50.5 Å². The molecule has 0 atom stereocenters. The number of benzene rings is 2. The van der Waals surface area contributed by atoms with Crippen LogP contribution >= 0.6 is 35.0 Å². The van der Waals surface area contributed by atoms with Crippen LogP contribution in [0.5, 0.6) is 0 Å². The lowest BCUT2D eigenvalue weighted by Gasteiger charge is -2.14. The second kappa shape index (κ2) is 7.87. The summed E-state index contributed by atoms with van der Waals surface area (Å²) in [4.78, 5) is 26.5. The largest absolute Gasteiger partial charge is 0.457 e. The fourth-order valence-electron chi connectivity index (χ4n) is 2.79. The number of furan rings is 1. The summed E-state index contributed by atoms with van der Waals surface area (Å²) in [5, 5.41) is 0.449. The Kier molecular flexibility index (Phi) is 5.31. The maximum absolute atomic E-state index is 12.7. The van der Waals surface area contributed by atoms with E-state index in [1.54, 1.807) is 30.3 Å². The third-order valence-electron chi connectivity index (χ3n) is 4.21. The van der Waals surface area contributed by atoms with Gasteiger partial charge in [0.05, 0.1) is 11.4 Å². The highest BCUT2D eigenvalue weighted by Gasteiger charge is 2.36. The first-order valence-corrected chi connectivity index (χ1v) is 9.93. The number of nitrogens with zero attached hydrogens (tertiary/aromatic N) is 1. The van der Waals surface area contributed by atoms with Crippen molar-refractivity contribution in [2.24, 2.45) is 0 Å². The first-order chi connectivity index (χ1) is 13.5. The van der Waals surface area contributed by atoms with E-state index in [-0.39, 0.29) is 11.8 Å². The number of carbonyl (C=O) groups excluding carboxylic acids is 2. The van der Waals surface area contributed by atoms with Crippen LogP contribution in [0.3, 0.4) is 0 Å². The second-order valence-corrected chi connectivity index (χ2v) is 7.84. The molecule has 0 spiro atoms. The van der Waals surface area contributed by atoms with Crippen molar-refractivity contribution >= 4 is 52.2 Å². The predicted octanol–water partition coefficient (Wildman–Crippen LogP) is 6.49. The lowest BCUT2D eigenvalue weighted by molar-refractivity contribution is -0.123. The van der Waals surface area contributed by atoms with Crippen molar-refractivity contribution < 1.29 is 14.0 Å². The minimum Gasteiger partial charge on any atom is -0.457 e. The van der Waals surface area contributed by atoms with Crippen molar-refractivity contribution in [2.75, 3.05) is 0 Å². The van der Waals surface area contributed by atoms with Gasteiger partial charge in [0.2, 0.25) is 0 Å². The Labute approximate surface area is 175 Å². The minimum absolute atomic E-state index is 0.0218. The number of halogens is 2. The van der Waals surface area contributed by atoms with Gasteiger partial charge in [-0.1, -0.05) is 59.6 Å². The Morgan fingerprint density at radius 2 is 1.64 bits per heavy atom. The molecular weight excluding hydrogens is 417 g/mol. The molecule has 1 aromatic heterocycles. The zero-order valence-electron chi connectivity index (χ0n) is 14.4. The van der Waals surface area contributed by atoms with Gasteiger partial charge >= 0.3 is 0 Å². The van der Waals surface area contributed by atoms with E-state index in [2.05, 4.69) is 0 Å². The van der Waals surface area contributed by atoms with Gasteiger partial charge in [-0.05, 0) is 36.0 Å². The first kappa shape index (κ1) is 18.9. The fraction of sp³-hybridized carbons (Fsp3) is 0.0476. The number of hydrogen-bond donors (Lipinski definition) is 0. The quantitative estimate of drug-likeness (QED) is 0.444. The maximum atomic E-state index is 12.7. The van der Waals surface area contributed by atoms with E-state index in [0.29, 0.717) is 32.0 Å². The highest BCUT2D eigenvalue weighted by atomic mass is 35.5. The number of imide groups is 1. The lowest BCUT2D eigenvalue weighted by Crippen LogP contribution is -2.27. The Bertz CT molecular complexity index is 1070. The molecule has 140 valence electrons. The van der Waals surface area contributed by atoms with Crippen molar-refractivity contribution in [1.29, 1.82) is 0 Å².